The highest BCUT2D eigenvalue weighted by atomic mass is 19.4. The van der Waals surface area contributed by atoms with Crippen molar-refractivity contribution in [3.8, 4) is 5.88 Å². The number of aromatic nitrogens is 1. The minimum atomic E-state index is -4.16. The molecule has 0 atom stereocenters. The van der Waals surface area contributed by atoms with Gasteiger partial charge < -0.3 is 10.5 Å². The molecule has 0 aliphatic carbocycles. The van der Waals surface area contributed by atoms with Crippen LogP contribution in [0.5, 0.6) is 5.88 Å². The van der Waals surface area contributed by atoms with E-state index in [-0.39, 0.29) is 24.7 Å². The molecule has 0 unspecified atom stereocenters. The number of nitrogens with one attached hydrogen (secondary N) is 1. The van der Waals surface area contributed by atoms with Crippen LogP contribution in [0.2, 0.25) is 0 Å². The largest absolute Gasteiger partial charge is 0.478 e. The zero-order valence-electron chi connectivity index (χ0n) is 8.92. The predicted octanol–water partition coefficient (Wildman–Crippen LogP) is 2.09. The summed E-state index contributed by atoms with van der Waals surface area (Å²) in [5, 5.41) is 7.11. The average molecular weight is 247 g/mol. The second-order valence-electron chi connectivity index (χ2n) is 3.37. The summed E-state index contributed by atoms with van der Waals surface area (Å²) in [6.45, 7) is -0.0497. The highest BCUT2D eigenvalue weighted by molar-refractivity contribution is 5.94. The van der Waals surface area contributed by atoms with Crippen molar-refractivity contribution in [1.29, 1.82) is 5.41 Å². The second kappa shape index (κ2) is 5.51. The minimum absolute atomic E-state index is 0.0497. The summed E-state index contributed by atoms with van der Waals surface area (Å²) < 4.78 is 40.5. The first-order valence-corrected chi connectivity index (χ1v) is 4.88. The number of hydrogen-bond acceptors (Lipinski definition) is 3. The van der Waals surface area contributed by atoms with Gasteiger partial charge in [0, 0.05) is 24.2 Å². The zero-order valence-corrected chi connectivity index (χ0v) is 8.92. The molecule has 1 heterocycles. The summed E-state index contributed by atoms with van der Waals surface area (Å²) >= 11 is 0. The average Bonchev–Trinajstić information content (AvgIpc) is 2.24. The van der Waals surface area contributed by atoms with Crippen molar-refractivity contribution in [2.24, 2.45) is 5.73 Å². The number of nitrogens with two attached hydrogens (primary N) is 1. The molecule has 17 heavy (non-hydrogen) atoms. The molecule has 0 saturated carbocycles. The number of nitrogen functional groups attached to an aromatic ring is 1. The van der Waals surface area contributed by atoms with Gasteiger partial charge in [-0.1, -0.05) is 0 Å². The summed E-state index contributed by atoms with van der Waals surface area (Å²) in [5.74, 6) is 0.0956. The zero-order chi connectivity index (χ0) is 12.9. The van der Waals surface area contributed by atoms with Crippen LogP contribution < -0.4 is 10.5 Å². The Bertz CT molecular complexity index is 375. The number of hydrogen-bond donors (Lipinski definition) is 2. The normalized spacial score (nSPS) is 11.2. The quantitative estimate of drug-likeness (QED) is 0.475. The molecule has 0 aliphatic heterocycles. The van der Waals surface area contributed by atoms with Gasteiger partial charge in [-0.25, -0.2) is 4.98 Å². The van der Waals surface area contributed by atoms with Gasteiger partial charge in [0.15, 0.2) is 0 Å². The summed E-state index contributed by atoms with van der Waals surface area (Å²) in [4.78, 5) is 3.81. The molecule has 0 spiro atoms. The Balaban J connectivity index is 2.35. The fraction of sp³-hybridized carbons (Fsp3) is 0.400. The van der Waals surface area contributed by atoms with Crippen molar-refractivity contribution in [2.75, 3.05) is 6.61 Å². The third-order valence-electron chi connectivity index (χ3n) is 1.90. The smallest absolute Gasteiger partial charge is 0.389 e. The van der Waals surface area contributed by atoms with E-state index in [1.165, 1.54) is 18.3 Å². The van der Waals surface area contributed by atoms with Crippen LogP contribution in [0.4, 0.5) is 13.2 Å². The topological polar surface area (TPSA) is 72.0 Å². The standard InChI is InChI=1S/C10H12F3N3O/c11-10(12,13)4-1-5-17-8-3-2-7(6-16-8)9(14)15/h2-3,6H,1,4-5H2,(H3,14,15). The molecule has 0 fully saturated rings. The van der Waals surface area contributed by atoms with Crippen LogP contribution in [-0.4, -0.2) is 23.6 Å². The number of nitrogens with zero attached hydrogens (tertiary/aromatic N) is 1. The van der Waals surface area contributed by atoms with Crippen molar-refractivity contribution in [2.45, 2.75) is 19.0 Å². The Kier molecular flexibility index (Phi) is 4.30. The number of halogens is 3. The van der Waals surface area contributed by atoms with Gasteiger partial charge in [-0.05, 0) is 12.5 Å². The third kappa shape index (κ3) is 5.19. The SMILES string of the molecule is N=C(N)c1ccc(OCCCC(F)(F)F)nc1. The van der Waals surface area contributed by atoms with Crippen LogP contribution >= 0.6 is 0 Å². The highest BCUT2D eigenvalue weighted by Crippen LogP contribution is 2.21. The van der Waals surface area contributed by atoms with Gasteiger partial charge in [-0.3, -0.25) is 5.41 Å². The van der Waals surface area contributed by atoms with Crippen LogP contribution in [0.25, 0.3) is 0 Å². The number of rotatable bonds is 5. The molecule has 0 radical (unpaired) electrons. The van der Waals surface area contributed by atoms with E-state index in [0.29, 0.717) is 5.56 Å². The highest BCUT2D eigenvalue weighted by Gasteiger charge is 2.26. The molecule has 0 aromatic carbocycles. The van der Waals surface area contributed by atoms with Crippen LogP contribution in [0.1, 0.15) is 18.4 Å². The predicted molar refractivity (Wildman–Crippen MR) is 56.0 cm³/mol. The molecule has 1 aromatic heterocycles. The lowest BCUT2D eigenvalue weighted by Gasteiger charge is -2.07. The monoisotopic (exact) mass is 247 g/mol. The fourth-order valence-electron chi connectivity index (χ4n) is 1.07. The first-order valence-electron chi connectivity index (χ1n) is 4.88. The van der Waals surface area contributed by atoms with Crippen LogP contribution in [-0.2, 0) is 0 Å². The van der Waals surface area contributed by atoms with E-state index in [4.69, 9.17) is 15.9 Å². The van der Waals surface area contributed by atoms with Gasteiger partial charge >= 0.3 is 6.18 Å². The molecule has 94 valence electrons. The molecule has 0 bridgehead atoms. The first kappa shape index (κ1) is 13.3. The van der Waals surface area contributed by atoms with Crippen LogP contribution in [0.15, 0.2) is 18.3 Å². The Morgan fingerprint density at radius 1 is 1.41 bits per heavy atom. The molecular weight excluding hydrogens is 235 g/mol. The van der Waals surface area contributed by atoms with Crippen LogP contribution in [0, 0.1) is 5.41 Å². The van der Waals surface area contributed by atoms with Crippen molar-refractivity contribution >= 4 is 5.84 Å². The van der Waals surface area contributed by atoms with Crippen LogP contribution in [0.3, 0.4) is 0 Å². The van der Waals surface area contributed by atoms with E-state index < -0.39 is 12.6 Å². The summed E-state index contributed by atoms with van der Waals surface area (Å²) in [6.07, 6.45) is -3.81. The second-order valence-corrected chi connectivity index (χ2v) is 3.37. The number of alkyl halides is 3. The maximum absolute atomic E-state index is 11.8. The summed E-state index contributed by atoms with van der Waals surface area (Å²) in [7, 11) is 0. The molecule has 0 amide bonds. The summed E-state index contributed by atoms with van der Waals surface area (Å²) in [6, 6.07) is 2.98. The van der Waals surface area contributed by atoms with Crippen molar-refractivity contribution in [3.63, 3.8) is 0 Å². The molecule has 1 aromatic rings. The molecule has 3 N–H and O–H groups in total. The molecule has 0 aliphatic rings. The van der Waals surface area contributed by atoms with Crippen molar-refractivity contribution in [1.82, 2.24) is 4.98 Å². The summed E-state index contributed by atoms with van der Waals surface area (Å²) in [5.41, 5.74) is 5.65. The van der Waals surface area contributed by atoms with Crippen molar-refractivity contribution < 1.29 is 17.9 Å². The molecular formula is C10H12F3N3O. The lowest BCUT2D eigenvalue weighted by molar-refractivity contribution is -0.136. The lowest BCUT2D eigenvalue weighted by Crippen LogP contribution is -2.12. The van der Waals surface area contributed by atoms with Crippen molar-refractivity contribution in [3.05, 3.63) is 23.9 Å². The van der Waals surface area contributed by atoms with E-state index in [9.17, 15) is 13.2 Å². The Hall–Kier alpha value is -1.79. The molecule has 1 rings (SSSR count). The van der Waals surface area contributed by atoms with E-state index in [1.807, 2.05) is 0 Å². The van der Waals surface area contributed by atoms with Gasteiger partial charge in [0.1, 0.15) is 5.84 Å². The Morgan fingerprint density at radius 3 is 2.59 bits per heavy atom. The van der Waals surface area contributed by atoms with Gasteiger partial charge in [0.25, 0.3) is 0 Å². The first-order chi connectivity index (χ1) is 7.88. The van der Waals surface area contributed by atoms with E-state index >= 15 is 0 Å². The third-order valence-corrected chi connectivity index (χ3v) is 1.90. The number of pyridine rings is 1. The van der Waals surface area contributed by atoms with E-state index in [0.717, 1.165) is 0 Å². The van der Waals surface area contributed by atoms with E-state index in [1.54, 1.807) is 0 Å². The van der Waals surface area contributed by atoms with E-state index in [2.05, 4.69) is 4.98 Å². The number of ether oxygens (including phenoxy) is 1. The maximum Gasteiger partial charge on any atom is 0.389 e. The Labute approximate surface area is 96.1 Å². The minimum Gasteiger partial charge on any atom is -0.478 e. The maximum atomic E-state index is 11.8. The molecule has 4 nitrogen and oxygen atoms in total. The van der Waals surface area contributed by atoms with Gasteiger partial charge in [-0.2, -0.15) is 13.2 Å². The van der Waals surface area contributed by atoms with Gasteiger partial charge in [0.2, 0.25) is 5.88 Å². The van der Waals surface area contributed by atoms with Gasteiger partial charge in [0.05, 0.1) is 6.61 Å². The lowest BCUT2D eigenvalue weighted by atomic mass is 10.3. The van der Waals surface area contributed by atoms with Gasteiger partial charge in [-0.15, -0.1) is 0 Å². The molecule has 0 saturated heterocycles. The number of amidine groups is 1. The fourth-order valence-corrected chi connectivity index (χ4v) is 1.07. The molecule has 7 heteroatoms. The Morgan fingerprint density at radius 2 is 2.12 bits per heavy atom.